The summed E-state index contributed by atoms with van der Waals surface area (Å²) in [6, 6.07) is 9.40. The lowest BCUT2D eigenvalue weighted by Crippen LogP contribution is -2.41. The lowest BCUT2D eigenvalue weighted by atomic mass is 9.73. The van der Waals surface area contributed by atoms with Crippen LogP contribution in [0.1, 0.15) is 50.6 Å². The Labute approximate surface area is 124 Å². The van der Waals surface area contributed by atoms with Crippen LogP contribution < -0.4 is 5.32 Å². The lowest BCUT2D eigenvalue weighted by molar-refractivity contribution is -0.199. The van der Waals surface area contributed by atoms with Crippen molar-refractivity contribution in [3.63, 3.8) is 0 Å². The first kappa shape index (κ1) is 16.3. The molecule has 0 bridgehead atoms. The Bertz CT molecular complexity index is 416. The molecule has 3 atom stereocenters. The molecule has 0 heterocycles. The number of nitrogens with one attached hydrogen (secondary N) is 1. The summed E-state index contributed by atoms with van der Waals surface area (Å²) in [6.45, 7) is 2.79. The van der Waals surface area contributed by atoms with Crippen LogP contribution in [0.15, 0.2) is 30.3 Å². The fourth-order valence-corrected chi connectivity index (χ4v) is 3.44. The predicted molar refractivity (Wildman–Crippen MR) is 79.0 cm³/mol. The fourth-order valence-electron chi connectivity index (χ4n) is 3.44. The predicted octanol–water partition coefficient (Wildman–Crippen LogP) is 5.10. The highest BCUT2D eigenvalue weighted by molar-refractivity contribution is 5.20. The molecule has 1 aromatic carbocycles. The Morgan fingerprint density at radius 2 is 1.81 bits per heavy atom. The van der Waals surface area contributed by atoms with Gasteiger partial charge in [-0.3, -0.25) is 0 Å². The minimum atomic E-state index is -4.09. The first-order valence-corrected chi connectivity index (χ1v) is 7.89. The largest absolute Gasteiger partial charge is 0.392 e. The zero-order chi connectivity index (χ0) is 15.3. The van der Waals surface area contributed by atoms with Gasteiger partial charge in [0.2, 0.25) is 0 Å². The van der Waals surface area contributed by atoms with Crippen LogP contribution in [0.5, 0.6) is 0 Å². The zero-order valence-electron chi connectivity index (χ0n) is 12.5. The molecule has 1 fully saturated rings. The van der Waals surface area contributed by atoms with Gasteiger partial charge in [0.25, 0.3) is 0 Å². The molecule has 4 heteroatoms. The second-order valence-electron chi connectivity index (χ2n) is 5.94. The van der Waals surface area contributed by atoms with Gasteiger partial charge in [-0.05, 0) is 37.3 Å². The molecule has 0 aromatic heterocycles. The van der Waals surface area contributed by atoms with Crippen molar-refractivity contribution >= 4 is 0 Å². The number of rotatable bonds is 5. The Kier molecular flexibility index (Phi) is 5.68. The van der Waals surface area contributed by atoms with E-state index in [0.29, 0.717) is 12.8 Å². The molecule has 2 rings (SSSR count). The average Bonchev–Trinajstić information content (AvgIpc) is 2.48. The van der Waals surface area contributed by atoms with Gasteiger partial charge in [0, 0.05) is 6.04 Å². The average molecular weight is 299 g/mol. The van der Waals surface area contributed by atoms with Crippen LogP contribution in [0, 0.1) is 11.8 Å². The molecular formula is C17H24F3N. The molecule has 3 unspecified atom stereocenters. The Hall–Kier alpha value is -1.03. The Morgan fingerprint density at radius 3 is 2.43 bits per heavy atom. The zero-order valence-corrected chi connectivity index (χ0v) is 12.5. The van der Waals surface area contributed by atoms with E-state index in [0.717, 1.165) is 24.9 Å². The van der Waals surface area contributed by atoms with Gasteiger partial charge in [-0.15, -0.1) is 0 Å². The molecule has 0 radical (unpaired) electrons. The summed E-state index contributed by atoms with van der Waals surface area (Å²) in [5.74, 6) is -1.53. The third kappa shape index (κ3) is 4.22. The highest BCUT2D eigenvalue weighted by Crippen LogP contribution is 2.46. The highest BCUT2D eigenvalue weighted by atomic mass is 19.4. The van der Waals surface area contributed by atoms with Crippen LogP contribution >= 0.6 is 0 Å². The molecular weight excluding hydrogens is 275 g/mol. The summed E-state index contributed by atoms with van der Waals surface area (Å²) in [6.07, 6.45) is -0.658. The van der Waals surface area contributed by atoms with Crippen LogP contribution in [-0.2, 0) is 0 Å². The van der Waals surface area contributed by atoms with Gasteiger partial charge in [-0.1, -0.05) is 50.1 Å². The van der Waals surface area contributed by atoms with Crippen molar-refractivity contribution in [2.24, 2.45) is 11.8 Å². The quantitative estimate of drug-likeness (QED) is 0.798. The standard InChI is InChI=1S/C17H24F3N/c1-2-12-21-16(13-8-4-3-5-9-13)14-10-6-7-11-15(14)17(18,19)20/h3-5,8-9,14-16,21H,2,6-7,10-12H2,1H3. The van der Waals surface area contributed by atoms with E-state index in [1.165, 1.54) is 0 Å². The lowest BCUT2D eigenvalue weighted by Gasteiger charge is -2.38. The summed E-state index contributed by atoms with van der Waals surface area (Å²) >= 11 is 0. The molecule has 0 amide bonds. The Morgan fingerprint density at radius 1 is 1.14 bits per heavy atom. The summed E-state index contributed by atoms with van der Waals surface area (Å²) < 4.78 is 40.1. The van der Waals surface area contributed by atoms with E-state index in [-0.39, 0.29) is 18.4 Å². The van der Waals surface area contributed by atoms with Crippen molar-refractivity contribution < 1.29 is 13.2 Å². The van der Waals surface area contributed by atoms with E-state index in [9.17, 15) is 13.2 Å². The van der Waals surface area contributed by atoms with Gasteiger partial charge < -0.3 is 5.32 Å². The van der Waals surface area contributed by atoms with E-state index in [2.05, 4.69) is 5.32 Å². The summed E-state index contributed by atoms with van der Waals surface area (Å²) in [5.41, 5.74) is 0.979. The van der Waals surface area contributed by atoms with E-state index in [1.54, 1.807) is 0 Å². The van der Waals surface area contributed by atoms with Crippen LogP contribution in [-0.4, -0.2) is 12.7 Å². The topological polar surface area (TPSA) is 12.0 Å². The van der Waals surface area contributed by atoms with Crippen molar-refractivity contribution in [3.05, 3.63) is 35.9 Å². The first-order chi connectivity index (χ1) is 10.0. The maximum Gasteiger partial charge on any atom is 0.392 e. The van der Waals surface area contributed by atoms with Crippen molar-refractivity contribution in [3.8, 4) is 0 Å². The van der Waals surface area contributed by atoms with Crippen LogP contribution in [0.2, 0.25) is 0 Å². The molecule has 21 heavy (non-hydrogen) atoms. The van der Waals surface area contributed by atoms with Crippen LogP contribution in [0.3, 0.4) is 0 Å². The maximum absolute atomic E-state index is 13.4. The number of benzene rings is 1. The van der Waals surface area contributed by atoms with Gasteiger partial charge >= 0.3 is 6.18 Å². The highest BCUT2D eigenvalue weighted by Gasteiger charge is 2.47. The van der Waals surface area contributed by atoms with Crippen LogP contribution in [0.4, 0.5) is 13.2 Å². The molecule has 1 aliphatic carbocycles. The van der Waals surface area contributed by atoms with Gasteiger partial charge in [-0.2, -0.15) is 13.2 Å². The Balaban J connectivity index is 2.25. The van der Waals surface area contributed by atoms with Gasteiger partial charge in [0.15, 0.2) is 0 Å². The minimum Gasteiger partial charge on any atom is -0.310 e. The maximum atomic E-state index is 13.4. The molecule has 0 saturated heterocycles. The van der Waals surface area contributed by atoms with Gasteiger partial charge in [0.05, 0.1) is 5.92 Å². The van der Waals surface area contributed by atoms with Crippen molar-refractivity contribution in [1.82, 2.24) is 5.32 Å². The van der Waals surface area contributed by atoms with E-state index < -0.39 is 12.1 Å². The van der Waals surface area contributed by atoms with E-state index >= 15 is 0 Å². The second-order valence-corrected chi connectivity index (χ2v) is 5.94. The molecule has 1 aliphatic rings. The third-order valence-electron chi connectivity index (χ3n) is 4.44. The number of hydrogen-bond acceptors (Lipinski definition) is 1. The van der Waals surface area contributed by atoms with E-state index in [4.69, 9.17) is 0 Å². The van der Waals surface area contributed by atoms with Gasteiger partial charge in [0.1, 0.15) is 0 Å². The molecule has 1 nitrogen and oxygen atoms in total. The molecule has 118 valence electrons. The molecule has 1 N–H and O–H groups in total. The van der Waals surface area contributed by atoms with E-state index in [1.807, 2.05) is 37.3 Å². The summed E-state index contributed by atoms with van der Waals surface area (Å²) in [5, 5.41) is 3.36. The number of hydrogen-bond donors (Lipinski definition) is 1. The number of halogens is 3. The van der Waals surface area contributed by atoms with Gasteiger partial charge in [-0.25, -0.2) is 0 Å². The minimum absolute atomic E-state index is 0.196. The van der Waals surface area contributed by atoms with Crippen LogP contribution in [0.25, 0.3) is 0 Å². The number of alkyl halides is 3. The SMILES string of the molecule is CCCNC(c1ccccc1)C1CCCCC1C(F)(F)F. The normalized spacial score (nSPS) is 24.8. The smallest absolute Gasteiger partial charge is 0.310 e. The first-order valence-electron chi connectivity index (χ1n) is 7.89. The summed E-state index contributed by atoms with van der Waals surface area (Å²) in [4.78, 5) is 0. The molecule has 1 aromatic rings. The van der Waals surface area contributed by atoms with Crippen molar-refractivity contribution in [2.75, 3.05) is 6.54 Å². The summed E-state index contributed by atoms with van der Waals surface area (Å²) in [7, 11) is 0. The second kappa shape index (κ2) is 7.30. The molecule has 0 aliphatic heterocycles. The third-order valence-corrected chi connectivity index (χ3v) is 4.44. The van der Waals surface area contributed by atoms with Crippen molar-refractivity contribution in [2.45, 2.75) is 51.2 Å². The molecule has 1 saturated carbocycles. The molecule has 0 spiro atoms. The monoisotopic (exact) mass is 299 g/mol. The van der Waals surface area contributed by atoms with Crippen molar-refractivity contribution in [1.29, 1.82) is 0 Å². The fraction of sp³-hybridized carbons (Fsp3) is 0.647.